The third-order valence-electron chi connectivity index (χ3n) is 5.00. The third-order valence-corrected chi connectivity index (χ3v) is 5.00. The molecule has 4 rings (SSSR count). The highest BCUT2D eigenvalue weighted by Crippen LogP contribution is 2.38. The minimum atomic E-state index is -1.02. The van der Waals surface area contributed by atoms with Crippen LogP contribution in [0.3, 0.4) is 0 Å². The van der Waals surface area contributed by atoms with Crippen molar-refractivity contribution in [3.05, 3.63) is 42.1 Å². The standard InChI is InChI=1S/C20H20FN3O2/c1-11-13-9-18(23-20(25)14-8-15(14)21)22-10-16(13)24(2)19(11)12-6-4-5-7-17(12)26-3/h4-7,9-10,14-15H,8H2,1-3H3,(H,22,23,25). The molecule has 1 fully saturated rings. The van der Waals surface area contributed by atoms with Gasteiger partial charge in [0.1, 0.15) is 17.7 Å². The van der Waals surface area contributed by atoms with Crippen LogP contribution in [-0.2, 0) is 11.8 Å². The molecule has 2 atom stereocenters. The summed E-state index contributed by atoms with van der Waals surface area (Å²) in [7, 11) is 3.64. The number of pyridine rings is 1. The first-order valence-electron chi connectivity index (χ1n) is 8.54. The van der Waals surface area contributed by atoms with Gasteiger partial charge in [-0.1, -0.05) is 12.1 Å². The predicted octanol–water partition coefficient (Wildman–Crippen LogP) is 3.85. The van der Waals surface area contributed by atoms with E-state index < -0.39 is 12.1 Å². The average Bonchev–Trinajstić information content (AvgIpc) is 3.33. The van der Waals surface area contributed by atoms with Crippen LogP contribution in [0.2, 0.25) is 0 Å². The van der Waals surface area contributed by atoms with E-state index in [1.807, 2.05) is 44.3 Å². The van der Waals surface area contributed by atoms with Gasteiger partial charge in [-0.15, -0.1) is 0 Å². The van der Waals surface area contributed by atoms with Crippen LogP contribution < -0.4 is 10.1 Å². The molecule has 1 aliphatic carbocycles. The third kappa shape index (κ3) is 2.62. The largest absolute Gasteiger partial charge is 0.496 e. The van der Waals surface area contributed by atoms with Crippen molar-refractivity contribution in [1.29, 1.82) is 0 Å². The number of para-hydroxylation sites is 1. The number of rotatable bonds is 4. The van der Waals surface area contributed by atoms with Gasteiger partial charge in [0.05, 0.1) is 30.4 Å². The maximum atomic E-state index is 13.1. The fourth-order valence-corrected chi connectivity index (χ4v) is 3.46. The number of hydrogen-bond acceptors (Lipinski definition) is 3. The first kappa shape index (κ1) is 16.6. The molecule has 2 aromatic heterocycles. The molecule has 134 valence electrons. The number of methoxy groups -OCH3 is 1. The van der Waals surface area contributed by atoms with Crippen LogP contribution >= 0.6 is 0 Å². The zero-order valence-electron chi connectivity index (χ0n) is 14.9. The lowest BCUT2D eigenvalue weighted by atomic mass is 10.1. The van der Waals surface area contributed by atoms with Crippen LogP contribution in [0.5, 0.6) is 5.75 Å². The lowest BCUT2D eigenvalue weighted by Gasteiger charge is -2.10. The number of amides is 1. The Morgan fingerprint density at radius 2 is 2.12 bits per heavy atom. The Balaban J connectivity index is 1.77. The summed E-state index contributed by atoms with van der Waals surface area (Å²) < 4.78 is 20.6. The van der Waals surface area contributed by atoms with Gasteiger partial charge in [-0.05, 0) is 37.1 Å². The summed E-state index contributed by atoms with van der Waals surface area (Å²) in [5.74, 6) is 0.406. The summed E-state index contributed by atoms with van der Waals surface area (Å²) in [5.41, 5.74) is 4.06. The minimum absolute atomic E-state index is 0.302. The lowest BCUT2D eigenvalue weighted by Crippen LogP contribution is -2.15. The highest BCUT2D eigenvalue weighted by molar-refractivity contribution is 5.98. The van der Waals surface area contributed by atoms with Crippen LogP contribution in [0.25, 0.3) is 22.2 Å². The molecule has 1 saturated carbocycles. The van der Waals surface area contributed by atoms with E-state index in [2.05, 4.69) is 14.9 Å². The first-order valence-corrected chi connectivity index (χ1v) is 8.54. The van der Waals surface area contributed by atoms with Crippen molar-refractivity contribution in [2.75, 3.05) is 12.4 Å². The molecule has 5 nitrogen and oxygen atoms in total. The van der Waals surface area contributed by atoms with Crippen molar-refractivity contribution in [3.8, 4) is 17.0 Å². The van der Waals surface area contributed by atoms with Crippen molar-refractivity contribution in [1.82, 2.24) is 9.55 Å². The molecule has 0 saturated heterocycles. The molecular weight excluding hydrogens is 333 g/mol. The second-order valence-electron chi connectivity index (χ2n) is 6.67. The van der Waals surface area contributed by atoms with Crippen molar-refractivity contribution in [3.63, 3.8) is 0 Å². The van der Waals surface area contributed by atoms with Crippen LogP contribution in [0.4, 0.5) is 10.2 Å². The van der Waals surface area contributed by atoms with Crippen molar-refractivity contribution in [2.45, 2.75) is 19.5 Å². The number of ether oxygens (including phenoxy) is 1. The number of carbonyl (C=O) groups is 1. The predicted molar refractivity (Wildman–Crippen MR) is 99.1 cm³/mol. The number of anilines is 1. The molecule has 0 bridgehead atoms. The summed E-state index contributed by atoms with van der Waals surface area (Å²) in [6.45, 7) is 2.04. The fourth-order valence-electron chi connectivity index (χ4n) is 3.46. The SMILES string of the molecule is COc1ccccc1-c1c(C)c2cc(NC(=O)C3CC3F)ncc2n1C. The highest BCUT2D eigenvalue weighted by atomic mass is 19.1. The molecule has 0 aliphatic heterocycles. The van der Waals surface area contributed by atoms with E-state index in [1.54, 1.807) is 13.3 Å². The maximum Gasteiger partial charge on any atom is 0.231 e. The summed E-state index contributed by atoms with van der Waals surface area (Å²) >= 11 is 0. The number of fused-ring (bicyclic) bond motifs is 1. The van der Waals surface area contributed by atoms with Gasteiger partial charge in [-0.25, -0.2) is 9.37 Å². The molecule has 3 aromatic rings. The second-order valence-corrected chi connectivity index (χ2v) is 6.67. The number of alkyl halides is 1. The zero-order valence-corrected chi connectivity index (χ0v) is 14.9. The normalized spacial score (nSPS) is 18.8. The number of nitrogens with zero attached hydrogens (tertiary/aromatic N) is 2. The Kier molecular flexibility index (Phi) is 3.90. The Morgan fingerprint density at radius 1 is 1.38 bits per heavy atom. The summed E-state index contributed by atoms with van der Waals surface area (Å²) in [6.07, 6.45) is 1.02. The van der Waals surface area contributed by atoms with E-state index >= 15 is 0 Å². The zero-order chi connectivity index (χ0) is 18.4. The van der Waals surface area contributed by atoms with Crippen LogP contribution in [0.1, 0.15) is 12.0 Å². The summed E-state index contributed by atoms with van der Waals surface area (Å²) in [4.78, 5) is 16.3. The van der Waals surface area contributed by atoms with E-state index in [1.165, 1.54) is 0 Å². The van der Waals surface area contributed by atoms with Gasteiger partial charge in [0.15, 0.2) is 0 Å². The van der Waals surface area contributed by atoms with Gasteiger partial charge in [-0.2, -0.15) is 0 Å². The lowest BCUT2D eigenvalue weighted by molar-refractivity contribution is -0.117. The fraction of sp³-hybridized carbons (Fsp3) is 0.300. The molecular formula is C20H20FN3O2. The Hall–Kier alpha value is -2.89. The Labute approximate surface area is 150 Å². The van der Waals surface area contributed by atoms with Gasteiger partial charge in [0, 0.05) is 18.0 Å². The van der Waals surface area contributed by atoms with Crippen LogP contribution in [0, 0.1) is 12.8 Å². The summed E-state index contributed by atoms with van der Waals surface area (Å²) in [5, 5.41) is 3.71. The minimum Gasteiger partial charge on any atom is -0.496 e. The molecule has 26 heavy (non-hydrogen) atoms. The van der Waals surface area contributed by atoms with Gasteiger partial charge in [-0.3, -0.25) is 4.79 Å². The van der Waals surface area contributed by atoms with Gasteiger partial charge < -0.3 is 14.6 Å². The molecule has 1 aliphatic rings. The van der Waals surface area contributed by atoms with E-state index in [0.717, 1.165) is 33.5 Å². The monoisotopic (exact) mass is 353 g/mol. The second kappa shape index (κ2) is 6.12. The molecule has 2 heterocycles. The van der Waals surface area contributed by atoms with E-state index in [9.17, 15) is 9.18 Å². The van der Waals surface area contributed by atoms with Crippen LogP contribution in [0.15, 0.2) is 36.5 Å². The number of nitrogens with one attached hydrogen (secondary N) is 1. The van der Waals surface area contributed by atoms with E-state index in [0.29, 0.717) is 12.2 Å². The number of aryl methyl sites for hydroxylation is 2. The van der Waals surface area contributed by atoms with Gasteiger partial charge >= 0.3 is 0 Å². The molecule has 0 spiro atoms. The van der Waals surface area contributed by atoms with Gasteiger partial charge in [0.25, 0.3) is 0 Å². The van der Waals surface area contributed by atoms with Crippen molar-refractivity contribution < 1.29 is 13.9 Å². The smallest absolute Gasteiger partial charge is 0.231 e. The first-order chi connectivity index (χ1) is 12.5. The number of hydrogen-bond donors (Lipinski definition) is 1. The number of carbonyl (C=O) groups excluding carboxylic acids is 1. The topological polar surface area (TPSA) is 56.1 Å². The number of halogens is 1. The number of aromatic nitrogens is 2. The highest BCUT2D eigenvalue weighted by Gasteiger charge is 2.43. The molecule has 6 heteroatoms. The Morgan fingerprint density at radius 3 is 2.81 bits per heavy atom. The van der Waals surface area contributed by atoms with Crippen molar-refractivity contribution >= 4 is 22.6 Å². The molecule has 1 amide bonds. The quantitative estimate of drug-likeness (QED) is 0.775. The molecule has 1 aromatic carbocycles. The summed E-state index contributed by atoms with van der Waals surface area (Å²) in [6, 6.07) is 9.70. The Bertz CT molecular complexity index is 1010. The van der Waals surface area contributed by atoms with Gasteiger partial charge in [0.2, 0.25) is 5.91 Å². The number of benzene rings is 1. The molecule has 0 radical (unpaired) electrons. The van der Waals surface area contributed by atoms with E-state index in [4.69, 9.17) is 4.74 Å². The maximum absolute atomic E-state index is 13.1. The van der Waals surface area contributed by atoms with Crippen LogP contribution in [-0.4, -0.2) is 28.7 Å². The molecule has 2 unspecified atom stereocenters. The average molecular weight is 353 g/mol. The van der Waals surface area contributed by atoms with E-state index in [-0.39, 0.29) is 5.91 Å². The van der Waals surface area contributed by atoms with Crippen molar-refractivity contribution in [2.24, 2.45) is 13.0 Å². The molecule has 1 N–H and O–H groups in total.